The van der Waals surface area contributed by atoms with Crippen LogP contribution < -0.4 is 0 Å². The maximum atomic E-state index is 13.1. The van der Waals surface area contributed by atoms with Gasteiger partial charge in [0.05, 0.1) is 0 Å². The number of benzene rings is 1. The lowest BCUT2D eigenvalue weighted by atomic mass is 10.0. The lowest BCUT2D eigenvalue weighted by molar-refractivity contribution is 0.0786. The lowest BCUT2D eigenvalue weighted by Gasteiger charge is -2.16. The minimum absolute atomic E-state index is 0.0103. The standard InChI is InChI=1S/C14H18FNOS/c1-2-3-10-6-7-16(9-10)14(17)11-4-5-12(15)13(18)8-11/h4-5,8,10,18H,2-3,6-7,9H2,1H3. The third kappa shape index (κ3) is 2.86. The molecular formula is C14H18FNOS. The van der Waals surface area contributed by atoms with Gasteiger partial charge in [-0.2, -0.15) is 0 Å². The van der Waals surface area contributed by atoms with E-state index in [-0.39, 0.29) is 16.6 Å². The number of thiol groups is 1. The molecule has 0 N–H and O–H groups in total. The number of hydrogen-bond acceptors (Lipinski definition) is 2. The second-order valence-corrected chi connectivity index (χ2v) is 5.34. The van der Waals surface area contributed by atoms with Crippen LogP contribution in [0.15, 0.2) is 23.1 Å². The van der Waals surface area contributed by atoms with Crippen molar-refractivity contribution in [1.29, 1.82) is 0 Å². The Bertz CT molecular complexity index is 449. The summed E-state index contributed by atoms with van der Waals surface area (Å²) >= 11 is 4.01. The molecule has 0 bridgehead atoms. The predicted molar refractivity (Wildman–Crippen MR) is 72.6 cm³/mol. The van der Waals surface area contributed by atoms with Crippen molar-refractivity contribution in [2.24, 2.45) is 5.92 Å². The fourth-order valence-electron chi connectivity index (χ4n) is 2.49. The fourth-order valence-corrected chi connectivity index (χ4v) is 2.70. The van der Waals surface area contributed by atoms with Gasteiger partial charge < -0.3 is 4.90 Å². The molecule has 2 rings (SSSR count). The van der Waals surface area contributed by atoms with Crippen LogP contribution in [0.2, 0.25) is 0 Å². The van der Waals surface area contributed by atoms with E-state index in [2.05, 4.69) is 19.6 Å². The number of halogens is 1. The molecule has 4 heteroatoms. The van der Waals surface area contributed by atoms with Crippen LogP contribution in [0.25, 0.3) is 0 Å². The van der Waals surface area contributed by atoms with Crippen LogP contribution >= 0.6 is 12.6 Å². The first-order valence-electron chi connectivity index (χ1n) is 6.39. The normalized spacial score (nSPS) is 19.3. The summed E-state index contributed by atoms with van der Waals surface area (Å²) in [6, 6.07) is 4.34. The van der Waals surface area contributed by atoms with Crippen LogP contribution in [0, 0.1) is 11.7 Å². The summed E-state index contributed by atoms with van der Waals surface area (Å²) in [6.45, 7) is 3.80. The van der Waals surface area contributed by atoms with Gasteiger partial charge in [0.2, 0.25) is 0 Å². The average molecular weight is 267 g/mol. The van der Waals surface area contributed by atoms with Crippen LogP contribution in [-0.4, -0.2) is 23.9 Å². The molecule has 1 aromatic carbocycles. The van der Waals surface area contributed by atoms with Gasteiger partial charge in [-0.05, 0) is 37.0 Å². The Balaban J connectivity index is 2.05. The average Bonchev–Trinajstić information content (AvgIpc) is 2.81. The largest absolute Gasteiger partial charge is 0.338 e. The highest BCUT2D eigenvalue weighted by atomic mass is 32.1. The molecule has 0 saturated carbocycles. The Morgan fingerprint density at radius 3 is 3.00 bits per heavy atom. The summed E-state index contributed by atoms with van der Waals surface area (Å²) in [4.78, 5) is 14.3. The maximum Gasteiger partial charge on any atom is 0.253 e. The molecule has 1 atom stereocenters. The summed E-state index contributed by atoms with van der Waals surface area (Å²) in [5.74, 6) is 0.221. The van der Waals surface area contributed by atoms with Crippen LogP contribution in [0.5, 0.6) is 0 Å². The molecule has 1 aliphatic rings. The molecule has 1 fully saturated rings. The van der Waals surface area contributed by atoms with E-state index in [0.717, 1.165) is 25.9 Å². The number of hydrogen-bond donors (Lipinski definition) is 1. The third-order valence-corrected chi connectivity index (χ3v) is 3.81. The van der Waals surface area contributed by atoms with Crippen molar-refractivity contribution in [3.8, 4) is 0 Å². The molecule has 98 valence electrons. The van der Waals surface area contributed by atoms with Crippen molar-refractivity contribution in [2.45, 2.75) is 31.1 Å². The van der Waals surface area contributed by atoms with Gasteiger partial charge in [-0.3, -0.25) is 4.79 Å². The number of carbonyl (C=O) groups is 1. The first kappa shape index (κ1) is 13.4. The predicted octanol–water partition coefficient (Wildman–Crippen LogP) is 3.38. The Morgan fingerprint density at radius 1 is 1.56 bits per heavy atom. The highest BCUT2D eigenvalue weighted by molar-refractivity contribution is 7.80. The van der Waals surface area contributed by atoms with E-state index >= 15 is 0 Å². The van der Waals surface area contributed by atoms with E-state index in [1.807, 2.05) is 4.90 Å². The van der Waals surface area contributed by atoms with Crippen molar-refractivity contribution in [3.63, 3.8) is 0 Å². The number of carbonyl (C=O) groups excluding carboxylic acids is 1. The molecule has 0 spiro atoms. The molecule has 0 aliphatic carbocycles. The summed E-state index contributed by atoms with van der Waals surface area (Å²) < 4.78 is 13.1. The van der Waals surface area contributed by atoms with Crippen LogP contribution in [-0.2, 0) is 0 Å². The van der Waals surface area contributed by atoms with Gasteiger partial charge in [-0.25, -0.2) is 4.39 Å². The highest BCUT2D eigenvalue weighted by Crippen LogP contribution is 2.23. The molecule has 1 unspecified atom stereocenters. The summed E-state index contributed by atoms with van der Waals surface area (Å²) in [6.07, 6.45) is 3.41. The number of amides is 1. The second-order valence-electron chi connectivity index (χ2n) is 4.86. The van der Waals surface area contributed by atoms with E-state index in [1.165, 1.54) is 24.6 Å². The Labute approximate surface area is 113 Å². The Morgan fingerprint density at radius 2 is 2.33 bits per heavy atom. The zero-order valence-electron chi connectivity index (χ0n) is 10.5. The molecular weight excluding hydrogens is 249 g/mol. The minimum Gasteiger partial charge on any atom is -0.338 e. The third-order valence-electron chi connectivity index (χ3n) is 3.46. The monoisotopic (exact) mass is 267 g/mol. The van der Waals surface area contributed by atoms with E-state index in [0.29, 0.717) is 11.5 Å². The minimum atomic E-state index is -0.389. The van der Waals surface area contributed by atoms with Crippen LogP contribution in [0.1, 0.15) is 36.5 Å². The van der Waals surface area contributed by atoms with Crippen molar-refractivity contribution in [1.82, 2.24) is 4.90 Å². The van der Waals surface area contributed by atoms with Gasteiger partial charge in [0.25, 0.3) is 5.91 Å². The maximum absolute atomic E-state index is 13.1. The van der Waals surface area contributed by atoms with Gasteiger partial charge in [0.1, 0.15) is 5.82 Å². The van der Waals surface area contributed by atoms with Gasteiger partial charge in [0, 0.05) is 23.5 Å². The molecule has 0 aromatic heterocycles. The molecule has 1 amide bonds. The molecule has 1 saturated heterocycles. The van der Waals surface area contributed by atoms with Gasteiger partial charge in [0.15, 0.2) is 0 Å². The van der Waals surface area contributed by atoms with E-state index in [1.54, 1.807) is 0 Å². The van der Waals surface area contributed by atoms with Gasteiger partial charge in [-0.1, -0.05) is 13.3 Å². The van der Waals surface area contributed by atoms with Crippen LogP contribution in [0.4, 0.5) is 4.39 Å². The fraction of sp³-hybridized carbons (Fsp3) is 0.500. The summed E-state index contributed by atoms with van der Waals surface area (Å²) in [5, 5.41) is 0. The van der Waals surface area contributed by atoms with E-state index < -0.39 is 0 Å². The van der Waals surface area contributed by atoms with Crippen molar-refractivity contribution in [3.05, 3.63) is 29.6 Å². The van der Waals surface area contributed by atoms with Gasteiger partial charge in [-0.15, -0.1) is 12.6 Å². The van der Waals surface area contributed by atoms with Crippen molar-refractivity contribution >= 4 is 18.5 Å². The SMILES string of the molecule is CCCC1CCN(C(=O)c2ccc(F)c(S)c2)C1. The van der Waals surface area contributed by atoms with Crippen molar-refractivity contribution in [2.75, 3.05) is 13.1 Å². The summed E-state index contributed by atoms with van der Waals surface area (Å²) in [7, 11) is 0. The smallest absolute Gasteiger partial charge is 0.253 e. The Kier molecular flexibility index (Phi) is 4.27. The first-order valence-corrected chi connectivity index (χ1v) is 6.84. The molecule has 1 aromatic rings. The molecule has 0 radical (unpaired) electrons. The zero-order valence-corrected chi connectivity index (χ0v) is 11.4. The zero-order chi connectivity index (χ0) is 13.1. The Hall–Kier alpha value is -1.03. The molecule has 1 heterocycles. The highest BCUT2D eigenvalue weighted by Gasteiger charge is 2.26. The second kappa shape index (κ2) is 5.74. The van der Waals surface area contributed by atoms with Crippen molar-refractivity contribution < 1.29 is 9.18 Å². The number of nitrogens with zero attached hydrogens (tertiary/aromatic N) is 1. The molecule has 18 heavy (non-hydrogen) atoms. The first-order chi connectivity index (χ1) is 8.61. The summed E-state index contributed by atoms with van der Waals surface area (Å²) in [5.41, 5.74) is 0.526. The number of likely N-dealkylation sites (tertiary alicyclic amines) is 1. The molecule has 1 aliphatic heterocycles. The number of rotatable bonds is 3. The van der Waals surface area contributed by atoms with E-state index in [9.17, 15) is 9.18 Å². The lowest BCUT2D eigenvalue weighted by Crippen LogP contribution is -2.28. The van der Waals surface area contributed by atoms with Gasteiger partial charge >= 0.3 is 0 Å². The quantitative estimate of drug-likeness (QED) is 0.832. The van der Waals surface area contributed by atoms with E-state index in [4.69, 9.17) is 0 Å². The van der Waals surface area contributed by atoms with Crippen LogP contribution in [0.3, 0.4) is 0 Å². The molecule has 2 nitrogen and oxygen atoms in total. The topological polar surface area (TPSA) is 20.3 Å².